The summed E-state index contributed by atoms with van der Waals surface area (Å²) in [6, 6.07) is 3.76. The highest BCUT2D eigenvalue weighted by Crippen LogP contribution is 2.28. The maximum absolute atomic E-state index is 13.2. The Balaban J connectivity index is 1.54. The predicted octanol–water partition coefficient (Wildman–Crippen LogP) is 3.40. The predicted molar refractivity (Wildman–Crippen MR) is 112 cm³/mol. The quantitative estimate of drug-likeness (QED) is 0.545. The molecule has 1 aliphatic carbocycles. The van der Waals surface area contributed by atoms with E-state index in [1.807, 2.05) is 41.4 Å². The fraction of sp³-hybridized carbons (Fsp3) is 0.591. The largest absolute Gasteiger partial charge is 0.361 e. The van der Waals surface area contributed by atoms with Gasteiger partial charge < -0.3 is 9.09 Å². The Hall–Kier alpha value is -2.57. The molecule has 1 saturated carbocycles. The van der Waals surface area contributed by atoms with Crippen molar-refractivity contribution >= 4 is 11.0 Å². The van der Waals surface area contributed by atoms with Gasteiger partial charge in [0, 0.05) is 38.8 Å². The molecule has 3 aromatic heterocycles. The van der Waals surface area contributed by atoms with Gasteiger partial charge in [0.25, 0.3) is 5.56 Å². The van der Waals surface area contributed by atoms with Gasteiger partial charge in [-0.05, 0) is 38.2 Å². The first kappa shape index (κ1) is 19.7. The summed E-state index contributed by atoms with van der Waals surface area (Å²) < 4.78 is 10.4. The summed E-state index contributed by atoms with van der Waals surface area (Å²) in [5.74, 6) is 1.55. The topological polar surface area (TPSA) is 75.0 Å². The standard InChI is InChI=1S/C22H30N4O3/c1-16-15-18(29-23-16)9-5-6-12-26-21(27)19-11-13-24(2)20(19)25(22(26)28)14-10-17-7-3-4-8-17/h11,13,15,17H,3-10,12,14H2,1-2H3. The van der Waals surface area contributed by atoms with Crippen molar-refractivity contribution in [1.29, 1.82) is 0 Å². The molecule has 0 bridgehead atoms. The maximum atomic E-state index is 13.2. The smallest absolute Gasteiger partial charge is 0.332 e. The van der Waals surface area contributed by atoms with Crippen LogP contribution in [0.2, 0.25) is 0 Å². The first-order chi connectivity index (χ1) is 14.0. The molecule has 0 atom stereocenters. The number of unbranched alkanes of at least 4 members (excludes halogenated alkanes) is 1. The van der Waals surface area contributed by atoms with E-state index in [1.165, 1.54) is 30.3 Å². The highest BCUT2D eigenvalue weighted by molar-refractivity contribution is 5.75. The van der Waals surface area contributed by atoms with E-state index in [4.69, 9.17) is 4.52 Å². The van der Waals surface area contributed by atoms with Crippen LogP contribution in [-0.2, 0) is 26.6 Å². The van der Waals surface area contributed by atoms with Crippen molar-refractivity contribution in [3.63, 3.8) is 0 Å². The van der Waals surface area contributed by atoms with Crippen LogP contribution in [0.25, 0.3) is 11.0 Å². The van der Waals surface area contributed by atoms with Crippen LogP contribution in [0.3, 0.4) is 0 Å². The third kappa shape index (κ3) is 4.09. The third-order valence-electron chi connectivity index (χ3n) is 6.20. The number of fused-ring (bicyclic) bond motifs is 1. The molecule has 0 spiro atoms. The zero-order chi connectivity index (χ0) is 20.4. The highest BCUT2D eigenvalue weighted by atomic mass is 16.5. The lowest BCUT2D eigenvalue weighted by Crippen LogP contribution is -2.40. The number of rotatable bonds is 8. The molecule has 4 rings (SSSR count). The first-order valence-corrected chi connectivity index (χ1v) is 10.8. The summed E-state index contributed by atoms with van der Waals surface area (Å²) in [7, 11) is 1.90. The number of aromatic nitrogens is 4. The van der Waals surface area contributed by atoms with E-state index < -0.39 is 0 Å². The molecule has 156 valence electrons. The molecule has 1 aliphatic rings. The van der Waals surface area contributed by atoms with Crippen LogP contribution in [-0.4, -0.2) is 18.9 Å². The normalized spacial score (nSPS) is 15.0. The lowest BCUT2D eigenvalue weighted by atomic mass is 10.0. The number of hydrogen-bond acceptors (Lipinski definition) is 4. The summed E-state index contributed by atoms with van der Waals surface area (Å²) in [4.78, 5) is 26.2. The van der Waals surface area contributed by atoms with Gasteiger partial charge in [0.15, 0.2) is 0 Å². The molecule has 1 fully saturated rings. The van der Waals surface area contributed by atoms with E-state index in [0.717, 1.165) is 42.8 Å². The van der Waals surface area contributed by atoms with E-state index in [0.29, 0.717) is 24.4 Å². The van der Waals surface area contributed by atoms with Crippen molar-refractivity contribution in [2.75, 3.05) is 0 Å². The lowest BCUT2D eigenvalue weighted by Gasteiger charge is -2.15. The van der Waals surface area contributed by atoms with E-state index >= 15 is 0 Å². The average molecular weight is 399 g/mol. The van der Waals surface area contributed by atoms with Gasteiger partial charge in [0.05, 0.1) is 11.1 Å². The first-order valence-electron chi connectivity index (χ1n) is 10.8. The van der Waals surface area contributed by atoms with E-state index in [-0.39, 0.29) is 11.2 Å². The van der Waals surface area contributed by atoms with Crippen molar-refractivity contribution < 1.29 is 4.52 Å². The molecule has 0 saturated heterocycles. The highest BCUT2D eigenvalue weighted by Gasteiger charge is 2.19. The Morgan fingerprint density at radius 1 is 1.14 bits per heavy atom. The van der Waals surface area contributed by atoms with Crippen LogP contribution in [0, 0.1) is 12.8 Å². The average Bonchev–Trinajstić information content (AvgIpc) is 3.44. The second-order valence-electron chi connectivity index (χ2n) is 8.39. The van der Waals surface area contributed by atoms with E-state index in [1.54, 1.807) is 0 Å². The van der Waals surface area contributed by atoms with Crippen LogP contribution in [0.4, 0.5) is 0 Å². The maximum Gasteiger partial charge on any atom is 0.332 e. The van der Waals surface area contributed by atoms with Crippen LogP contribution >= 0.6 is 0 Å². The van der Waals surface area contributed by atoms with E-state index in [2.05, 4.69) is 5.16 Å². The van der Waals surface area contributed by atoms with Crippen molar-refractivity contribution in [2.24, 2.45) is 13.0 Å². The molecule has 0 N–H and O–H groups in total. The van der Waals surface area contributed by atoms with Crippen LogP contribution in [0.5, 0.6) is 0 Å². The number of nitrogens with zero attached hydrogens (tertiary/aromatic N) is 4. The summed E-state index contributed by atoms with van der Waals surface area (Å²) in [5, 5.41) is 4.53. The zero-order valence-corrected chi connectivity index (χ0v) is 17.4. The van der Waals surface area contributed by atoms with Crippen molar-refractivity contribution in [1.82, 2.24) is 18.9 Å². The van der Waals surface area contributed by atoms with Gasteiger partial charge in [0.1, 0.15) is 11.4 Å². The Labute approximate surface area is 169 Å². The minimum Gasteiger partial charge on any atom is -0.361 e. The second-order valence-corrected chi connectivity index (χ2v) is 8.39. The minimum atomic E-state index is -0.183. The molecule has 7 heteroatoms. The molecular weight excluding hydrogens is 368 g/mol. The molecule has 3 heterocycles. The zero-order valence-electron chi connectivity index (χ0n) is 17.4. The molecule has 0 aliphatic heterocycles. The molecule has 3 aromatic rings. The van der Waals surface area contributed by atoms with Gasteiger partial charge in [-0.1, -0.05) is 30.8 Å². The Kier molecular flexibility index (Phi) is 5.74. The molecular formula is C22H30N4O3. The number of aryl methyl sites for hydroxylation is 4. The van der Waals surface area contributed by atoms with Crippen molar-refractivity contribution in [3.05, 3.63) is 50.6 Å². The third-order valence-corrected chi connectivity index (χ3v) is 6.20. The summed E-state index contributed by atoms with van der Waals surface area (Å²) in [6.45, 7) is 3.00. The fourth-order valence-corrected chi connectivity index (χ4v) is 4.61. The molecule has 0 unspecified atom stereocenters. The monoisotopic (exact) mass is 398 g/mol. The SMILES string of the molecule is Cc1cc(CCCCn2c(=O)c3ccn(C)c3n(CCC3CCCC3)c2=O)on1. The lowest BCUT2D eigenvalue weighted by molar-refractivity contribution is 0.373. The fourth-order valence-electron chi connectivity index (χ4n) is 4.61. The van der Waals surface area contributed by atoms with Gasteiger partial charge in [-0.25, -0.2) is 4.79 Å². The van der Waals surface area contributed by atoms with Gasteiger partial charge in [-0.3, -0.25) is 13.9 Å². The van der Waals surface area contributed by atoms with Crippen LogP contribution in [0.15, 0.2) is 32.4 Å². The second kappa shape index (κ2) is 8.43. The van der Waals surface area contributed by atoms with Gasteiger partial charge in [-0.15, -0.1) is 0 Å². The van der Waals surface area contributed by atoms with E-state index in [9.17, 15) is 9.59 Å². The Morgan fingerprint density at radius 3 is 2.66 bits per heavy atom. The summed E-state index contributed by atoms with van der Waals surface area (Å²) in [5.41, 5.74) is 1.25. The summed E-state index contributed by atoms with van der Waals surface area (Å²) >= 11 is 0. The molecule has 0 amide bonds. The molecule has 0 aromatic carbocycles. The van der Waals surface area contributed by atoms with Crippen LogP contribution < -0.4 is 11.2 Å². The minimum absolute atomic E-state index is 0.182. The van der Waals surface area contributed by atoms with Gasteiger partial charge in [0.2, 0.25) is 0 Å². The Morgan fingerprint density at radius 2 is 1.93 bits per heavy atom. The van der Waals surface area contributed by atoms with Gasteiger partial charge >= 0.3 is 5.69 Å². The van der Waals surface area contributed by atoms with Crippen molar-refractivity contribution in [2.45, 2.75) is 71.4 Å². The molecule has 29 heavy (non-hydrogen) atoms. The molecule has 7 nitrogen and oxygen atoms in total. The van der Waals surface area contributed by atoms with Crippen molar-refractivity contribution in [3.8, 4) is 0 Å². The Bertz CT molecular complexity index is 1100. The van der Waals surface area contributed by atoms with Gasteiger partial charge in [-0.2, -0.15) is 0 Å². The number of hydrogen-bond donors (Lipinski definition) is 0. The molecule has 0 radical (unpaired) electrons. The summed E-state index contributed by atoms with van der Waals surface area (Å²) in [6.07, 6.45) is 10.3. The van der Waals surface area contributed by atoms with Crippen LogP contribution in [0.1, 0.15) is 56.4 Å².